The van der Waals surface area contributed by atoms with Crippen LogP contribution in [0.15, 0.2) is 48.5 Å². The van der Waals surface area contributed by atoms with Gasteiger partial charge in [-0.3, -0.25) is 9.10 Å². The van der Waals surface area contributed by atoms with E-state index in [1.165, 1.54) is 9.87 Å². The number of sulfonamides is 1. The van der Waals surface area contributed by atoms with Crippen molar-refractivity contribution < 1.29 is 17.9 Å². The van der Waals surface area contributed by atoms with Crippen molar-refractivity contribution in [2.24, 2.45) is 0 Å². The number of nitrogens with zero attached hydrogens (tertiary/aromatic N) is 1. The van der Waals surface area contributed by atoms with Crippen molar-refractivity contribution in [2.75, 3.05) is 30.3 Å². The van der Waals surface area contributed by atoms with Crippen molar-refractivity contribution in [3.05, 3.63) is 65.2 Å². The summed E-state index contributed by atoms with van der Waals surface area (Å²) in [7, 11) is -3.66. The first kappa shape index (κ1) is 24.3. The fraction of sp³-hybridized carbons (Fsp3) is 0.480. The fourth-order valence-corrected chi connectivity index (χ4v) is 5.62. The van der Waals surface area contributed by atoms with E-state index < -0.39 is 16.1 Å². The molecule has 0 unspecified atom stereocenters. The van der Waals surface area contributed by atoms with Gasteiger partial charge in [0.05, 0.1) is 11.9 Å². The molecule has 1 heterocycles. The highest BCUT2D eigenvalue weighted by Crippen LogP contribution is 2.34. The second-order valence-electron chi connectivity index (χ2n) is 8.73. The molecule has 0 saturated carbocycles. The quantitative estimate of drug-likeness (QED) is 0.654. The molecule has 0 aromatic heterocycles. The monoisotopic (exact) mass is 458 g/mol. The molecule has 0 radical (unpaired) electrons. The Morgan fingerprint density at radius 1 is 1.09 bits per heavy atom. The summed E-state index contributed by atoms with van der Waals surface area (Å²) in [4.78, 5) is 13.4. The number of carbonyl (C=O) groups excluding carboxylic acids is 1. The van der Waals surface area contributed by atoms with Crippen LogP contribution in [0, 0.1) is 13.8 Å². The minimum atomic E-state index is -3.66. The van der Waals surface area contributed by atoms with E-state index in [1.54, 1.807) is 6.07 Å². The molecule has 6 nitrogen and oxygen atoms in total. The lowest BCUT2D eigenvalue weighted by Gasteiger charge is -2.39. The second kappa shape index (κ2) is 10.0. The number of rotatable bonds is 8. The van der Waals surface area contributed by atoms with Crippen molar-refractivity contribution in [3.8, 4) is 0 Å². The first-order valence-electron chi connectivity index (χ1n) is 11.2. The average Bonchev–Trinajstić information content (AvgIpc) is 2.78. The van der Waals surface area contributed by atoms with E-state index in [9.17, 15) is 13.2 Å². The lowest BCUT2D eigenvalue weighted by molar-refractivity contribution is -0.122. The van der Waals surface area contributed by atoms with Crippen LogP contribution < -0.4 is 9.62 Å². The summed E-state index contributed by atoms with van der Waals surface area (Å²) in [5.41, 5.74) is 3.52. The molecule has 0 spiro atoms. The van der Waals surface area contributed by atoms with Gasteiger partial charge >= 0.3 is 0 Å². The van der Waals surface area contributed by atoms with E-state index in [2.05, 4.69) is 17.4 Å². The molecule has 2 aromatic carbocycles. The second-order valence-corrected chi connectivity index (χ2v) is 10.6. The number of hydrogen-bond donors (Lipinski definition) is 1. The van der Waals surface area contributed by atoms with E-state index in [-0.39, 0.29) is 11.3 Å². The van der Waals surface area contributed by atoms with Gasteiger partial charge in [-0.05, 0) is 61.9 Å². The minimum Gasteiger partial charge on any atom is -0.381 e. The molecule has 1 aliphatic rings. The smallest absolute Gasteiger partial charge is 0.243 e. The van der Waals surface area contributed by atoms with Gasteiger partial charge in [0.2, 0.25) is 15.9 Å². The molecular weight excluding hydrogens is 424 g/mol. The molecular formula is C25H34N2O4S. The van der Waals surface area contributed by atoms with Crippen LogP contribution in [0.2, 0.25) is 0 Å². The molecule has 1 amide bonds. The van der Waals surface area contributed by atoms with E-state index in [0.29, 0.717) is 31.9 Å². The zero-order chi connectivity index (χ0) is 23.4. The predicted octanol–water partition coefficient (Wildman–Crippen LogP) is 3.71. The van der Waals surface area contributed by atoms with Crippen molar-refractivity contribution in [2.45, 2.75) is 51.5 Å². The maximum absolute atomic E-state index is 13.4. The SMILES string of the molecule is CC[C@H](C(=O)NCC1(c2ccccc2)CCOCC1)N(c1ccc(C)c(C)c1)S(C)(=O)=O. The molecule has 3 rings (SSSR count). The van der Waals surface area contributed by atoms with Gasteiger partial charge in [0.1, 0.15) is 6.04 Å². The summed E-state index contributed by atoms with van der Waals surface area (Å²) >= 11 is 0. The third-order valence-corrected chi connectivity index (χ3v) is 7.69. The van der Waals surface area contributed by atoms with E-state index in [1.807, 2.05) is 51.1 Å². The number of hydrogen-bond acceptors (Lipinski definition) is 4. The summed E-state index contributed by atoms with van der Waals surface area (Å²) in [6, 6.07) is 14.8. The van der Waals surface area contributed by atoms with Gasteiger partial charge in [-0.1, -0.05) is 43.3 Å². The van der Waals surface area contributed by atoms with Gasteiger partial charge in [0.25, 0.3) is 0 Å². The Bertz CT molecular complexity index is 1030. The van der Waals surface area contributed by atoms with E-state index in [4.69, 9.17) is 4.74 Å². The van der Waals surface area contributed by atoms with Gasteiger partial charge in [0, 0.05) is 25.2 Å². The van der Waals surface area contributed by atoms with Crippen LogP contribution in [0.5, 0.6) is 0 Å². The Kier molecular flexibility index (Phi) is 7.62. The zero-order valence-electron chi connectivity index (χ0n) is 19.4. The third kappa shape index (κ3) is 5.33. The summed E-state index contributed by atoms with van der Waals surface area (Å²) in [6.07, 6.45) is 3.14. The van der Waals surface area contributed by atoms with Gasteiger partial charge in [-0.2, -0.15) is 0 Å². The predicted molar refractivity (Wildman–Crippen MR) is 129 cm³/mol. The van der Waals surface area contributed by atoms with Crippen LogP contribution in [-0.4, -0.2) is 46.4 Å². The molecule has 0 bridgehead atoms. The number of anilines is 1. The molecule has 1 N–H and O–H groups in total. The number of ether oxygens (including phenoxy) is 1. The number of aryl methyl sites for hydroxylation is 2. The minimum absolute atomic E-state index is 0.218. The molecule has 0 aliphatic carbocycles. The summed E-state index contributed by atoms with van der Waals surface area (Å²) < 4.78 is 32.3. The Morgan fingerprint density at radius 3 is 2.31 bits per heavy atom. The molecule has 32 heavy (non-hydrogen) atoms. The largest absolute Gasteiger partial charge is 0.381 e. The Balaban J connectivity index is 1.86. The average molecular weight is 459 g/mol. The number of carbonyl (C=O) groups is 1. The van der Waals surface area contributed by atoms with Crippen molar-refractivity contribution in [1.29, 1.82) is 0 Å². The topological polar surface area (TPSA) is 75.7 Å². The van der Waals surface area contributed by atoms with Crippen LogP contribution in [-0.2, 0) is 25.0 Å². The maximum Gasteiger partial charge on any atom is 0.243 e. The highest BCUT2D eigenvalue weighted by Gasteiger charge is 2.37. The first-order valence-corrected chi connectivity index (χ1v) is 13.0. The van der Waals surface area contributed by atoms with E-state index >= 15 is 0 Å². The Morgan fingerprint density at radius 2 is 1.75 bits per heavy atom. The fourth-order valence-electron chi connectivity index (χ4n) is 4.42. The molecule has 2 aromatic rings. The van der Waals surface area contributed by atoms with Crippen molar-refractivity contribution in [3.63, 3.8) is 0 Å². The molecule has 1 aliphatic heterocycles. The highest BCUT2D eigenvalue weighted by atomic mass is 32.2. The Hall–Kier alpha value is -2.38. The van der Waals surface area contributed by atoms with Crippen LogP contribution in [0.3, 0.4) is 0 Å². The third-order valence-electron chi connectivity index (χ3n) is 6.51. The molecule has 1 fully saturated rings. The first-order chi connectivity index (χ1) is 15.2. The summed E-state index contributed by atoms with van der Waals surface area (Å²) in [5, 5.41) is 3.09. The number of amides is 1. The molecule has 1 atom stereocenters. The Labute approximate surface area is 192 Å². The molecule has 1 saturated heterocycles. The molecule has 174 valence electrons. The van der Waals surface area contributed by atoms with Crippen LogP contribution in [0.1, 0.15) is 42.9 Å². The highest BCUT2D eigenvalue weighted by molar-refractivity contribution is 7.92. The maximum atomic E-state index is 13.4. The van der Waals surface area contributed by atoms with Crippen LogP contribution >= 0.6 is 0 Å². The standard InChI is InChI=1S/C25H34N2O4S/c1-5-23(27(32(4,29)30)22-12-11-19(2)20(3)17-22)24(28)26-18-25(13-15-31-16-14-25)21-9-7-6-8-10-21/h6-12,17,23H,5,13-16,18H2,1-4H3,(H,26,28)/t23-/m1/s1. The van der Waals surface area contributed by atoms with Crippen LogP contribution in [0.4, 0.5) is 5.69 Å². The summed E-state index contributed by atoms with van der Waals surface area (Å²) in [5.74, 6) is -0.280. The summed E-state index contributed by atoms with van der Waals surface area (Å²) in [6.45, 7) is 7.48. The number of nitrogens with one attached hydrogen (secondary N) is 1. The van der Waals surface area contributed by atoms with Gasteiger partial charge in [0.15, 0.2) is 0 Å². The van der Waals surface area contributed by atoms with Crippen LogP contribution in [0.25, 0.3) is 0 Å². The van der Waals surface area contributed by atoms with E-state index in [0.717, 1.165) is 30.2 Å². The van der Waals surface area contributed by atoms with Gasteiger partial charge in [-0.25, -0.2) is 8.42 Å². The molecule has 7 heteroatoms. The zero-order valence-corrected chi connectivity index (χ0v) is 20.2. The lowest BCUT2D eigenvalue weighted by atomic mass is 9.74. The number of benzene rings is 2. The van der Waals surface area contributed by atoms with Gasteiger partial charge < -0.3 is 10.1 Å². The van der Waals surface area contributed by atoms with Gasteiger partial charge in [-0.15, -0.1) is 0 Å². The van der Waals surface area contributed by atoms with Crippen molar-refractivity contribution >= 4 is 21.6 Å². The van der Waals surface area contributed by atoms with Crippen molar-refractivity contribution in [1.82, 2.24) is 5.32 Å². The lowest BCUT2D eigenvalue weighted by Crippen LogP contribution is -2.52. The normalized spacial score (nSPS) is 16.9.